The maximum atomic E-state index is 11.8. The van der Waals surface area contributed by atoms with Crippen LogP contribution in [0.4, 0.5) is 0 Å². The highest BCUT2D eigenvalue weighted by Gasteiger charge is 2.17. The van der Waals surface area contributed by atoms with Gasteiger partial charge in [-0.3, -0.25) is 4.79 Å². The average Bonchev–Trinajstić information content (AvgIpc) is 2.79. The van der Waals surface area contributed by atoms with Crippen LogP contribution in [0.25, 0.3) is 10.6 Å². The molecule has 0 saturated heterocycles. The Balaban J connectivity index is 2.23. The number of aryl methyl sites for hydroxylation is 1. The fourth-order valence-corrected chi connectivity index (χ4v) is 2.63. The predicted molar refractivity (Wildman–Crippen MR) is 78.3 cm³/mol. The quantitative estimate of drug-likeness (QED) is 0.811. The monoisotopic (exact) mass is 309 g/mol. The molecule has 4 nitrogen and oxygen atoms in total. The summed E-state index contributed by atoms with van der Waals surface area (Å²) in [6, 6.07) is 7.21. The molecule has 0 radical (unpaired) electrons. The van der Waals surface area contributed by atoms with Crippen molar-refractivity contribution in [2.24, 2.45) is 0 Å². The summed E-state index contributed by atoms with van der Waals surface area (Å²) in [6.07, 6.45) is 0. The molecular weight excluding hydrogens is 298 g/mol. The summed E-state index contributed by atoms with van der Waals surface area (Å²) in [4.78, 5) is 27.4. The molecular formula is C14H12ClNO3S. The van der Waals surface area contributed by atoms with Crippen LogP contribution < -0.4 is 0 Å². The molecule has 0 saturated carbocycles. The van der Waals surface area contributed by atoms with Gasteiger partial charge in [0.05, 0.1) is 5.69 Å². The number of aromatic nitrogens is 1. The number of hydrogen-bond donors (Lipinski definition) is 0. The highest BCUT2D eigenvalue weighted by molar-refractivity contribution is 7.17. The molecule has 0 bridgehead atoms. The molecule has 0 aliphatic heterocycles. The summed E-state index contributed by atoms with van der Waals surface area (Å²) in [6.45, 7) is 2.89. The largest absolute Gasteiger partial charge is 0.453 e. The second-order valence-corrected chi connectivity index (χ2v) is 5.65. The molecule has 1 aromatic carbocycles. The molecule has 1 aromatic heterocycles. The normalized spacial score (nSPS) is 10.3. The molecule has 0 fully saturated rings. The number of carbonyl (C=O) groups excluding carboxylic acids is 2. The summed E-state index contributed by atoms with van der Waals surface area (Å²) >= 11 is 7.07. The van der Waals surface area contributed by atoms with Gasteiger partial charge in [-0.15, -0.1) is 11.3 Å². The molecule has 0 N–H and O–H groups in total. The molecule has 104 valence electrons. The Morgan fingerprint density at radius 2 is 1.95 bits per heavy atom. The number of carbonyl (C=O) groups is 2. The minimum Gasteiger partial charge on any atom is -0.453 e. The van der Waals surface area contributed by atoms with E-state index in [1.54, 1.807) is 19.1 Å². The van der Waals surface area contributed by atoms with Gasteiger partial charge in [0.2, 0.25) is 0 Å². The van der Waals surface area contributed by atoms with Gasteiger partial charge in [-0.25, -0.2) is 9.78 Å². The number of ketones is 1. The fourth-order valence-electron chi connectivity index (χ4n) is 1.53. The third-order valence-corrected chi connectivity index (χ3v) is 3.92. The van der Waals surface area contributed by atoms with E-state index in [-0.39, 0.29) is 12.4 Å². The summed E-state index contributed by atoms with van der Waals surface area (Å²) in [5, 5.41) is 1.36. The molecule has 2 rings (SSSR count). The molecule has 0 atom stereocenters. The van der Waals surface area contributed by atoms with Crippen LogP contribution in [0.15, 0.2) is 24.3 Å². The smallest absolute Gasteiger partial charge is 0.350 e. The lowest BCUT2D eigenvalue weighted by atomic mass is 10.2. The SMILES string of the molecule is CC(=O)COC(=O)c1sc(-c2ccc(Cl)cc2)nc1C. The van der Waals surface area contributed by atoms with Crippen molar-refractivity contribution < 1.29 is 14.3 Å². The van der Waals surface area contributed by atoms with Crippen molar-refractivity contribution in [1.29, 1.82) is 0 Å². The molecule has 1 heterocycles. The van der Waals surface area contributed by atoms with Crippen molar-refractivity contribution in [3.8, 4) is 10.6 Å². The van der Waals surface area contributed by atoms with Gasteiger partial charge in [0, 0.05) is 10.6 Å². The molecule has 2 aromatic rings. The summed E-state index contributed by atoms with van der Waals surface area (Å²) in [7, 11) is 0. The van der Waals surface area contributed by atoms with Crippen LogP contribution in [0.3, 0.4) is 0 Å². The molecule has 0 spiro atoms. The number of thiazole rings is 1. The van der Waals surface area contributed by atoms with E-state index >= 15 is 0 Å². The highest BCUT2D eigenvalue weighted by Crippen LogP contribution is 2.29. The molecule has 0 aliphatic carbocycles. The number of nitrogens with zero attached hydrogens (tertiary/aromatic N) is 1. The Morgan fingerprint density at radius 3 is 2.55 bits per heavy atom. The van der Waals surface area contributed by atoms with Crippen LogP contribution in [-0.2, 0) is 9.53 Å². The third-order valence-electron chi connectivity index (χ3n) is 2.48. The van der Waals surface area contributed by atoms with Gasteiger partial charge in [0.1, 0.15) is 16.5 Å². The second-order valence-electron chi connectivity index (χ2n) is 4.22. The summed E-state index contributed by atoms with van der Waals surface area (Å²) in [5.74, 6) is -0.714. The van der Waals surface area contributed by atoms with Crippen molar-refractivity contribution in [3.05, 3.63) is 39.9 Å². The zero-order chi connectivity index (χ0) is 14.7. The van der Waals surface area contributed by atoms with Gasteiger partial charge in [-0.1, -0.05) is 23.7 Å². The molecule has 20 heavy (non-hydrogen) atoms. The number of rotatable bonds is 4. The zero-order valence-corrected chi connectivity index (χ0v) is 12.5. The molecule has 6 heteroatoms. The number of esters is 1. The van der Waals surface area contributed by atoms with E-state index in [4.69, 9.17) is 16.3 Å². The van der Waals surface area contributed by atoms with Crippen molar-refractivity contribution in [1.82, 2.24) is 4.98 Å². The first-order chi connectivity index (χ1) is 9.47. The topological polar surface area (TPSA) is 56.3 Å². The second kappa shape index (κ2) is 6.15. The Kier molecular flexibility index (Phi) is 4.52. The Bertz CT molecular complexity index is 649. The van der Waals surface area contributed by atoms with Crippen molar-refractivity contribution >= 4 is 34.7 Å². The van der Waals surface area contributed by atoms with Crippen molar-refractivity contribution in [2.75, 3.05) is 6.61 Å². The average molecular weight is 310 g/mol. The van der Waals surface area contributed by atoms with Gasteiger partial charge in [0.15, 0.2) is 5.78 Å². The number of benzene rings is 1. The lowest BCUT2D eigenvalue weighted by Crippen LogP contribution is -2.11. The highest BCUT2D eigenvalue weighted by atomic mass is 35.5. The maximum absolute atomic E-state index is 11.8. The first-order valence-electron chi connectivity index (χ1n) is 5.87. The summed E-state index contributed by atoms with van der Waals surface area (Å²) < 4.78 is 4.90. The minimum atomic E-state index is -0.518. The minimum absolute atomic E-state index is 0.196. The van der Waals surface area contributed by atoms with Crippen LogP contribution in [0.5, 0.6) is 0 Å². The van der Waals surface area contributed by atoms with Crippen LogP contribution in [0.2, 0.25) is 5.02 Å². The van der Waals surface area contributed by atoms with E-state index in [0.29, 0.717) is 20.6 Å². The summed E-state index contributed by atoms with van der Waals surface area (Å²) in [5.41, 5.74) is 1.47. The first-order valence-corrected chi connectivity index (χ1v) is 7.06. The van der Waals surface area contributed by atoms with Crippen LogP contribution in [0, 0.1) is 6.92 Å². The molecule has 0 amide bonds. The Hall–Kier alpha value is -1.72. The van der Waals surface area contributed by atoms with E-state index in [9.17, 15) is 9.59 Å². The van der Waals surface area contributed by atoms with Gasteiger partial charge in [0.25, 0.3) is 0 Å². The first kappa shape index (κ1) is 14.7. The lowest BCUT2D eigenvalue weighted by molar-refractivity contribution is -0.120. The van der Waals surface area contributed by atoms with E-state index in [1.165, 1.54) is 18.3 Å². The van der Waals surface area contributed by atoms with Gasteiger partial charge in [-0.2, -0.15) is 0 Å². The van der Waals surface area contributed by atoms with Gasteiger partial charge >= 0.3 is 5.97 Å². The van der Waals surface area contributed by atoms with E-state index in [0.717, 1.165) is 5.56 Å². The number of ether oxygens (including phenoxy) is 1. The molecule has 0 aliphatic rings. The standard InChI is InChI=1S/C14H12ClNO3S/c1-8(17)7-19-14(18)12-9(2)16-13(20-12)10-3-5-11(15)6-4-10/h3-6H,7H2,1-2H3. The third kappa shape index (κ3) is 3.43. The lowest BCUT2D eigenvalue weighted by Gasteiger charge is -1.99. The zero-order valence-electron chi connectivity index (χ0n) is 11.0. The van der Waals surface area contributed by atoms with Gasteiger partial charge < -0.3 is 4.74 Å². The van der Waals surface area contributed by atoms with Crippen LogP contribution >= 0.6 is 22.9 Å². The van der Waals surface area contributed by atoms with Crippen molar-refractivity contribution in [3.63, 3.8) is 0 Å². The molecule has 0 unspecified atom stereocenters. The number of hydrogen-bond acceptors (Lipinski definition) is 5. The number of Topliss-reactive ketones (excluding diaryl/α,β-unsaturated/α-hetero) is 1. The maximum Gasteiger partial charge on any atom is 0.350 e. The Morgan fingerprint density at radius 1 is 1.30 bits per heavy atom. The van der Waals surface area contributed by atoms with Gasteiger partial charge in [-0.05, 0) is 26.0 Å². The van der Waals surface area contributed by atoms with E-state index in [1.807, 2.05) is 12.1 Å². The van der Waals surface area contributed by atoms with Crippen LogP contribution in [0.1, 0.15) is 22.3 Å². The predicted octanol–water partition coefficient (Wildman–Crippen LogP) is 3.52. The fraction of sp³-hybridized carbons (Fsp3) is 0.214. The number of halogens is 1. The van der Waals surface area contributed by atoms with E-state index in [2.05, 4.69) is 4.98 Å². The Labute approximate surface area is 125 Å². The van der Waals surface area contributed by atoms with Crippen LogP contribution in [-0.4, -0.2) is 23.3 Å². The van der Waals surface area contributed by atoms with Crippen molar-refractivity contribution in [2.45, 2.75) is 13.8 Å². The van der Waals surface area contributed by atoms with E-state index < -0.39 is 5.97 Å².